The third-order valence-corrected chi connectivity index (χ3v) is 6.63. The Kier molecular flexibility index (Phi) is 6.07. The Hall–Kier alpha value is -4.02. The molecule has 0 saturated carbocycles. The third kappa shape index (κ3) is 3.94. The van der Waals surface area contributed by atoms with Crippen molar-refractivity contribution in [1.82, 2.24) is 8.75 Å². The van der Waals surface area contributed by atoms with Crippen molar-refractivity contribution in [3.05, 3.63) is 82.7 Å². The predicted octanol–water partition coefficient (Wildman–Crippen LogP) is 4.25. The summed E-state index contributed by atoms with van der Waals surface area (Å²) < 4.78 is 44.3. The largest absolute Gasteiger partial charge is 0.494 e. The van der Waals surface area contributed by atoms with Gasteiger partial charge in [0.2, 0.25) is 0 Å². The van der Waals surface area contributed by atoms with Crippen LogP contribution in [0.15, 0.2) is 60.2 Å². The molecule has 2 heterocycles. The van der Waals surface area contributed by atoms with Crippen LogP contribution >= 0.6 is 11.7 Å². The second-order valence-electron chi connectivity index (χ2n) is 8.07. The molecule has 3 aromatic carbocycles. The summed E-state index contributed by atoms with van der Waals surface area (Å²) in [5.74, 6) is -2.55. The van der Waals surface area contributed by atoms with Gasteiger partial charge in [-0.05, 0) is 53.6 Å². The second-order valence-corrected chi connectivity index (χ2v) is 8.60. The molecule has 0 amide bonds. The molecule has 0 bridgehead atoms. The molecular weight excluding hydrogens is 487 g/mol. The molecule has 0 spiro atoms. The first-order valence-corrected chi connectivity index (χ1v) is 11.6. The smallest absolute Gasteiger partial charge is 0.342 e. The first-order chi connectivity index (χ1) is 17.4. The number of cyclic esters (lactones) is 1. The van der Waals surface area contributed by atoms with Gasteiger partial charge in [-0.15, -0.1) is 0 Å². The summed E-state index contributed by atoms with van der Waals surface area (Å²) in [5, 5.41) is 11.9. The Morgan fingerprint density at radius 2 is 1.64 bits per heavy atom. The molecule has 0 fully saturated rings. The minimum atomic E-state index is -2.14. The fourth-order valence-electron chi connectivity index (χ4n) is 4.28. The normalized spacial score (nSPS) is 17.4. The van der Waals surface area contributed by atoms with E-state index in [4.69, 9.17) is 18.9 Å². The van der Waals surface area contributed by atoms with Gasteiger partial charge >= 0.3 is 5.97 Å². The van der Waals surface area contributed by atoms with Gasteiger partial charge in [-0.3, -0.25) is 0 Å². The van der Waals surface area contributed by atoms with Crippen LogP contribution in [0, 0.1) is 5.82 Å². The van der Waals surface area contributed by atoms with Crippen molar-refractivity contribution in [2.75, 3.05) is 21.3 Å². The van der Waals surface area contributed by atoms with Crippen molar-refractivity contribution in [3.8, 4) is 17.2 Å². The summed E-state index contributed by atoms with van der Waals surface area (Å²) in [6.07, 6.45) is 0.0141. The fraction of sp³-hybridized carbons (Fsp3) is 0.192. The number of benzene rings is 3. The molecule has 8 nitrogen and oxygen atoms in total. The lowest BCUT2D eigenvalue weighted by Gasteiger charge is -2.26. The number of aromatic nitrogens is 2. The van der Waals surface area contributed by atoms with E-state index < -0.39 is 17.6 Å². The molecule has 1 aliphatic rings. The number of hydrogen-bond acceptors (Lipinski definition) is 9. The quantitative estimate of drug-likeness (QED) is 0.370. The van der Waals surface area contributed by atoms with Crippen LogP contribution in [0.25, 0.3) is 16.6 Å². The van der Waals surface area contributed by atoms with E-state index in [1.807, 2.05) is 0 Å². The Bertz CT molecular complexity index is 1520. The van der Waals surface area contributed by atoms with Gasteiger partial charge in [0.15, 0.2) is 23.1 Å². The van der Waals surface area contributed by atoms with Crippen LogP contribution in [0.3, 0.4) is 0 Å². The van der Waals surface area contributed by atoms with Gasteiger partial charge in [0.1, 0.15) is 11.0 Å². The van der Waals surface area contributed by atoms with E-state index in [0.29, 0.717) is 33.7 Å². The summed E-state index contributed by atoms with van der Waals surface area (Å²) in [6.45, 7) is 0. The van der Waals surface area contributed by atoms with Gasteiger partial charge in [0.05, 0.1) is 38.6 Å². The van der Waals surface area contributed by atoms with Crippen LogP contribution in [0.1, 0.15) is 16.7 Å². The Balaban J connectivity index is 1.70. The number of halogens is 1. The molecule has 10 heteroatoms. The van der Waals surface area contributed by atoms with Crippen LogP contribution in [-0.4, -0.2) is 41.2 Å². The van der Waals surface area contributed by atoms with Gasteiger partial charge in [-0.1, -0.05) is 12.1 Å². The molecule has 5 rings (SSSR count). The Morgan fingerprint density at radius 3 is 2.36 bits per heavy atom. The highest BCUT2D eigenvalue weighted by Crippen LogP contribution is 2.46. The highest BCUT2D eigenvalue weighted by atomic mass is 32.1. The minimum Gasteiger partial charge on any atom is -0.494 e. The molecule has 1 aromatic heterocycles. The summed E-state index contributed by atoms with van der Waals surface area (Å²) in [5.41, 5.74) is 2.96. The van der Waals surface area contributed by atoms with E-state index in [-0.39, 0.29) is 28.9 Å². The first kappa shape index (κ1) is 23.7. The number of fused-ring (bicyclic) bond motifs is 1. The standard InChI is InChI=1S/C26H21FN2O6S/c1-32-21-8-4-14(11-18(21)27)10-17-24(15-5-7-19-20(12-15)29-36-28-19)25(30)35-26(17,31)16-6-9-22(33-2)23(13-16)34-3/h4-9,11-13,31H,10H2,1-3H3. The zero-order valence-electron chi connectivity index (χ0n) is 19.6. The molecule has 1 atom stereocenters. The number of hydrogen-bond donors (Lipinski definition) is 1. The van der Waals surface area contributed by atoms with Crippen LogP contribution < -0.4 is 14.2 Å². The lowest BCUT2D eigenvalue weighted by atomic mass is 9.88. The van der Waals surface area contributed by atoms with Crippen LogP contribution in [-0.2, 0) is 21.7 Å². The number of carbonyl (C=O) groups is 1. The molecule has 36 heavy (non-hydrogen) atoms. The lowest BCUT2D eigenvalue weighted by molar-refractivity contribution is -0.185. The van der Waals surface area contributed by atoms with Crippen LogP contribution in [0.2, 0.25) is 0 Å². The Labute approximate surface area is 209 Å². The molecule has 1 N–H and O–H groups in total. The van der Waals surface area contributed by atoms with E-state index in [9.17, 15) is 14.3 Å². The molecule has 4 aromatic rings. The van der Waals surface area contributed by atoms with E-state index in [0.717, 1.165) is 11.7 Å². The maximum atomic E-state index is 14.5. The number of aliphatic hydroxyl groups is 1. The SMILES string of the molecule is COc1ccc(CC2=C(c3ccc4nsnc4c3)C(=O)OC2(O)c2ccc(OC)c(OC)c2)cc1F. The summed E-state index contributed by atoms with van der Waals surface area (Å²) in [6, 6.07) is 14.4. The fourth-order valence-corrected chi connectivity index (χ4v) is 4.80. The first-order valence-electron chi connectivity index (χ1n) is 10.8. The maximum absolute atomic E-state index is 14.5. The number of methoxy groups -OCH3 is 3. The summed E-state index contributed by atoms with van der Waals surface area (Å²) in [7, 11) is 4.33. The highest BCUT2D eigenvalue weighted by molar-refractivity contribution is 7.00. The third-order valence-electron chi connectivity index (χ3n) is 6.07. The predicted molar refractivity (Wildman–Crippen MR) is 131 cm³/mol. The van der Waals surface area contributed by atoms with Crippen molar-refractivity contribution in [2.45, 2.75) is 12.2 Å². The average Bonchev–Trinajstić information content (AvgIpc) is 3.45. The molecule has 184 valence electrons. The summed E-state index contributed by atoms with van der Waals surface area (Å²) >= 11 is 1.06. The van der Waals surface area contributed by atoms with E-state index in [1.165, 1.54) is 39.5 Å². The maximum Gasteiger partial charge on any atom is 0.342 e. The van der Waals surface area contributed by atoms with Gasteiger partial charge < -0.3 is 24.1 Å². The zero-order valence-corrected chi connectivity index (χ0v) is 20.4. The molecule has 1 aliphatic heterocycles. The lowest BCUT2D eigenvalue weighted by Crippen LogP contribution is -2.30. The molecule has 0 radical (unpaired) electrons. The molecule has 1 unspecified atom stereocenters. The van der Waals surface area contributed by atoms with Crippen LogP contribution in [0.4, 0.5) is 4.39 Å². The van der Waals surface area contributed by atoms with Gasteiger partial charge in [-0.2, -0.15) is 8.75 Å². The van der Waals surface area contributed by atoms with E-state index >= 15 is 0 Å². The second kappa shape index (κ2) is 9.21. The molecule has 0 aliphatic carbocycles. The summed E-state index contributed by atoms with van der Waals surface area (Å²) in [4.78, 5) is 13.3. The van der Waals surface area contributed by atoms with Gasteiger partial charge in [-0.25, -0.2) is 9.18 Å². The van der Waals surface area contributed by atoms with Crippen molar-refractivity contribution < 1.29 is 33.2 Å². The molecular formula is C26H21FN2O6S. The minimum absolute atomic E-state index is 0.0141. The van der Waals surface area contributed by atoms with E-state index in [2.05, 4.69) is 8.75 Å². The average molecular weight is 509 g/mol. The number of ether oxygens (including phenoxy) is 4. The number of nitrogens with zero attached hydrogens (tertiary/aromatic N) is 2. The monoisotopic (exact) mass is 508 g/mol. The van der Waals surface area contributed by atoms with Gasteiger partial charge in [0.25, 0.3) is 5.79 Å². The topological polar surface area (TPSA) is 100 Å². The highest BCUT2D eigenvalue weighted by Gasteiger charge is 2.48. The zero-order chi connectivity index (χ0) is 25.4. The van der Waals surface area contributed by atoms with Crippen molar-refractivity contribution >= 4 is 34.3 Å². The molecule has 0 saturated heterocycles. The van der Waals surface area contributed by atoms with Crippen molar-refractivity contribution in [2.24, 2.45) is 0 Å². The Morgan fingerprint density at radius 1 is 0.917 bits per heavy atom. The van der Waals surface area contributed by atoms with Crippen molar-refractivity contribution in [1.29, 1.82) is 0 Å². The number of carbonyl (C=O) groups excluding carboxylic acids is 1. The number of esters is 1. The van der Waals surface area contributed by atoms with Crippen molar-refractivity contribution in [3.63, 3.8) is 0 Å². The van der Waals surface area contributed by atoms with Crippen LogP contribution in [0.5, 0.6) is 17.2 Å². The van der Waals surface area contributed by atoms with E-state index in [1.54, 1.807) is 36.4 Å². The number of rotatable bonds is 7. The van der Waals surface area contributed by atoms with Gasteiger partial charge in [0, 0.05) is 17.6 Å².